The van der Waals surface area contributed by atoms with Crippen LogP contribution in [0, 0.1) is 6.92 Å². The Kier molecular flexibility index (Phi) is 3.53. The Morgan fingerprint density at radius 3 is 2.95 bits per heavy atom. The van der Waals surface area contributed by atoms with Gasteiger partial charge in [-0.15, -0.1) is 0 Å². The average molecular weight is 296 g/mol. The normalized spacial score (nSPS) is 11.1. The summed E-state index contributed by atoms with van der Waals surface area (Å²) in [5.41, 5.74) is 0.795. The van der Waals surface area contributed by atoms with Gasteiger partial charge in [0.05, 0.1) is 5.69 Å². The second-order valence-electron chi connectivity index (χ2n) is 4.59. The van der Waals surface area contributed by atoms with Gasteiger partial charge in [-0.1, -0.05) is 12.1 Å². The molecule has 0 spiro atoms. The number of aromatic nitrogens is 3. The number of hydrogen-bond acceptors (Lipinski definition) is 6. The number of rotatable bonds is 3. The predicted molar refractivity (Wildman–Crippen MR) is 80.5 cm³/mol. The first kappa shape index (κ1) is 13.7. The molecule has 0 radical (unpaired) electrons. The van der Waals surface area contributed by atoms with Gasteiger partial charge in [0.2, 0.25) is 0 Å². The number of nitrogens with zero attached hydrogens (tertiary/aromatic N) is 3. The van der Waals surface area contributed by atoms with Crippen LogP contribution in [0.1, 0.15) is 11.3 Å². The van der Waals surface area contributed by atoms with Crippen LogP contribution in [0.2, 0.25) is 0 Å². The molecule has 3 rings (SSSR count). The summed E-state index contributed by atoms with van der Waals surface area (Å²) in [6, 6.07) is 8.58. The summed E-state index contributed by atoms with van der Waals surface area (Å²) in [5.74, 6) is 0.797. The minimum absolute atomic E-state index is 0.00988. The molecule has 0 aliphatic rings. The van der Waals surface area contributed by atoms with E-state index < -0.39 is 5.63 Å². The van der Waals surface area contributed by atoms with Crippen LogP contribution in [0.15, 0.2) is 50.9 Å². The Labute approximate surface area is 125 Å². The van der Waals surface area contributed by atoms with Gasteiger partial charge in [0.25, 0.3) is 0 Å². The third kappa shape index (κ3) is 2.78. The molecule has 3 aromatic rings. The highest BCUT2D eigenvalue weighted by molar-refractivity contribution is 5.84. The Bertz CT molecular complexity index is 882. The zero-order valence-corrected chi connectivity index (χ0v) is 11.6. The molecule has 0 unspecified atom stereocenters. The molecule has 110 valence electrons. The van der Waals surface area contributed by atoms with Crippen molar-refractivity contribution in [1.82, 2.24) is 15.2 Å². The first-order chi connectivity index (χ1) is 10.6. The van der Waals surface area contributed by atoms with E-state index in [0.29, 0.717) is 17.3 Å². The summed E-state index contributed by atoms with van der Waals surface area (Å²) >= 11 is 0. The Morgan fingerprint density at radius 1 is 1.36 bits per heavy atom. The van der Waals surface area contributed by atoms with Crippen molar-refractivity contribution in [3.8, 4) is 17.1 Å². The Hall–Kier alpha value is -3.22. The maximum absolute atomic E-state index is 11.7. The summed E-state index contributed by atoms with van der Waals surface area (Å²) in [6.07, 6.45) is 2.70. The van der Waals surface area contributed by atoms with Crippen molar-refractivity contribution < 1.29 is 9.52 Å². The van der Waals surface area contributed by atoms with Gasteiger partial charge in [0.15, 0.2) is 5.82 Å². The van der Waals surface area contributed by atoms with Crippen molar-refractivity contribution in [3.05, 3.63) is 58.4 Å². The highest BCUT2D eigenvalue weighted by Gasteiger charge is 2.07. The van der Waals surface area contributed by atoms with E-state index in [2.05, 4.69) is 20.2 Å². The first-order valence-electron chi connectivity index (χ1n) is 6.47. The number of aromatic hydroxyl groups is 1. The second-order valence-corrected chi connectivity index (χ2v) is 4.59. The van der Waals surface area contributed by atoms with Crippen molar-refractivity contribution in [2.24, 2.45) is 4.99 Å². The molecule has 0 bridgehead atoms. The molecule has 7 nitrogen and oxygen atoms in total. The molecule has 0 saturated heterocycles. The van der Waals surface area contributed by atoms with Gasteiger partial charge < -0.3 is 9.52 Å². The van der Waals surface area contributed by atoms with Gasteiger partial charge in [-0.2, -0.15) is 5.10 Å². The van der Waals surface area contributed by atoms with Gasteiger partial charge in [-0.25, -0.2) is 9.78 Å². The molecule has 2 heterocycles. The topological polar surface area (TPSA) is 104 Å². The number of aryl methyl sites for hydroxylation is 1. The van der Waals surface area contributed by atoms with Crippen LogP contribution in [0.4, 0.5) is 5.69 Å². The molecule has 0 amide bonds. The van der Waals surface area contributed by atoms with Crippen LogP contribution < -0.4 is 5.63 Å². The summed E-state index contributed by atoms with van der Waals surface area (Å²) < 4.78 is 4.93. The largest absolute Gasteiger partial charge is 0.507 e. The lowest BCUT2D eigenvalue weighted by Crippen LogP contribution is -2.07. The highest BCUT2D eigenvalue weighted by atomic mass is 16.4. The summed E-state index contributed by atoms with van der Waals surface area (Å²) in [7, 11) is 0. The predicted octanol–water partition coefficient (Wildman–Crippen LogP) is 2.19. The summed E-state index contributed by atoms with van der Waals surface area (Å²) in [5, 5.41) is 16.3. The van der Waals surface area contributed by atoms with Crippen LogP contribution >= 0.6 is 0 Å². The van der Waals surface area contributed by atoms with E-state index in [1.807, 2.05) is 12.1 Å². The second kappa shape index (κ2) is 5.65. The number of nitrogens with one attached hydrogen (secondary N) is 1. The molecule has 2 N–H and O–H groups in total. The summed E-state index contributed by atoms with van der Waals surface area (Å²) in [6.45, 7) is 1.59. The molecule has 0 aliphatic carbocycles. The van der Waals surface area contributed by atoms with Crippen molar-refractivity contribution >= 4 is 11.9 Å². The van der Waals surface area contributed by atoms with E-state index in [0.717, 1.165) is 5.56 Å². The number of H-pyrrole nitrogens is 1. The molecular weight excluding hydrogens is 284 g/mol. The lowest BCUT2D eigenvalue weighted by atomic mass is 10.2. The molecule has 0 aliphatic heterocycles. The molecule has 1 aromatic carbocycles. The standard InChI is InChI=1S/C15H12N4O3/c1-9-5-13(20)12(15(21)22-9)7-16-11-4-2-3-10(6-11)14-17-8-18-19-14/h2-8,20H,1H3,(H,17,18,19). The zero-order valence-electron chi connectivity index (χ0n) is 11.6. The molecular formula is C15H12N4O3. The molecule has 2 aromatic heterocycles. The van der Waals surface area contributed by atoms with Crippen molar-refractivity contribution in [2.75, 3.05) is 0 Å². The minimum atomic E-state index is -0.632. The minimum Gasteiger partial charge on any atom is -0.507 e. The monoisotopic (exact) mass is 296 g/mol. The molecule has 0 atom stereocenters. The zero-order chi connectivity index (χ0) is 15.5. The van der Waals surface area contributed by atoms with Crippen molar-refractivity contribution in [3.63, 3.8) is 0 Å². The van der Waals surface area contributed by atoms with E-state index in [-0.39, 0.29) is 11.3 Å². The third-order valence-corrected chi connectivity index (χ3v) is 2.97. The van der Waals surface area contributed by atoms with Crippen LogP contribution in [0.5, 0.6) is 5.75 Å². The van der Waals surface area contributed by atoms with Crippen LogP contribution in [0.3, 0.4) is 0 Å². The average Bonchev–Trinajstić information content (AvgIpc) is 3.00. The summed E-state index contributed by atoms with van der Waals surface area (Å²) in [4.78, 5) is 19.9. The van der Waals surface area contributed by atoms with Crippen molar-refractivity contribution in [2.45, 2.75) is 6.92 Å². The van der Waals surface area contributed by atoms with Gasteiger partial charge >= 0.3 is 5.63 Å². The highest BCUT2D eigenvalue weighted by Crippen LogP contribution is 2.21. The van der Waals surface area contributed by atoms with Crippen LogP contribution in [-0.2, 0) is 0 Å². The van der Waals surface area contributed by atoms with E-state index in [4.69, 9.17) is 4.42 Å². The van der Waals surface area contributed by atoms with E-state index in [9.17, 15) is 9.90 Å². The third-order valence-electron chi connectivity index (χ3n) is 2.97. The lowest BCUT2D eigenvalue weighted by Gasteiger charge is -2.00. The van der Waals surface area contributed by atoms with Crippen LogP contribution in [-0.4, -0.2) is 26.5 Å². The first-order valence-corrected chi connectivity index (χ1v) is 6.47. The van der Waals surface area contributed by atoms with Gasteiger partial charge in [0.1, 0.15) is 23.4 Å². The number of aromatic amines is 1. The van der Waals surface area contributed by atoms with Gasteiger partial charge in [-0.3, -0.25) is 10.1 Å². The van der Waals surface area contributed by atoms with E-state index in [1.54, 1.807) is 19.1 Å². The molecule has 0 fully saturated rings. The Balaban J connectivity index is 1.94. The molecule has 0 saturated carbocycles. The van der Waals surface area contributed by atoms with Gasteiger partial charge in [-0.05, 0) is 19.1 Å². The van der Waals surface area contributed by atoms with Crippen molar-refractivity contribution in [1.29, 1.82) is 0 Å². The van der Waals surface area contributed by atoms with Gasteiger partial charge in [0, 0.05) is 17.8 Å². The number of hydrogen-bond donors (Lipinski definition) is 2. The lowest BCUT2D eigenvalue weighted by molar-refractivity contribution is 0.433. The Morgan fingerprint density at radius 2 is 2.23 bits per heavy atom. The molecule has 7 heteroatoms. The SMILES string of the molecule is Cc1cc(O)c(C=Nc2cccc(-c3ncn[nH]3)c2)c(=O)o1. The van der Waals surface area contributed by atoms with E-state index >= 15 is 0 Å². The van der Waals surface area contributed by atoms with E-state index in [1.165, 1.54) is 18.6 Å². The maximum Gasteiger partial charge on any atom is 0.348 e. The fraction of sp³-hybridized carbons (Fsp3) is 0.0667. The molecule has 22 heavy (non-hydrogen) atoms. The quantitative estimate of drug-likeness (QED) is 0.721. The maximum atomic E-state index is 11.7. The smallest absolute Gasteiger partial charge is 0.348 e. The fourth-order valence-corrected chi connectivity index (χ4v) is 1.94. The number of aliphatic imine (C=N–C) groups is 1. The van der Waals surface area contributed by atoms with Crippen LogP contribution in [0.25, 0.3) is 11.4 Å². The fourth-order valence-electron chi connectivity index (χ4n) is 1.94. The number of benzene rings is 1.